The van der Waals surface area contributed by atoms with Crippen LogP contribution in [0.2, 0.25) is 10.0 Å². The highest BCUT2D eigenvalue weighted by atomic mass is 35.5. The normalized spacial score (nSPS) is 11.9. The molecule has 0 radical (unpaired) electrons. The highest BCUT2D eigenvalue weighted by Crippen LogP contribution is 2.33. The highest BCUT2D eigenvalue weighted by molar-refractivity contribution is 6.39. The van der Waals surface area contributed by atoms with E-state index in [4.69, 9.17) is 32.7 Å². The Hall–Kier alpha value is -2.50. The molecule has 1 N–H and O–H groups in total. The van der Waals surface area contributed by atoms with Crippen molar-refractivity contribution in [2.75, 3.05) is 5.32 Å². The minimum absolute atomic E-state index is 0.0171. The minimum Gasteiger partial charge on any atom is -0.425 e. The second-order valence-corrected chi connectivity index (χ2v) is 6.36. The van der Waals surface area contributed by atoms with Crippen molar-refractivity contribution in [3.05, 3.63) is 70.2 Å². The zero-order chi connectivity index (χ0) is 19.8. The maximum absolute atomic E-state index is 12.2. The predicted octanol–water partition coefficient (Wildman–Crippen LogP) is 5.29. The van der Waals surface area contributed by atoms with Gasteiger partial charge in [0.2, 0.25) is 6.29 Å². The quantitative estimate of drug-likeness (QED) is 0.383. The van der Waals surface area contributed by atoms with E-state index in [0.717, 1.165) is 0 Å². The standard InChI is InChI=1S/C20H19Cl2NO4/c1-3-7-18(24)26-13(2)27-19(25)12-14-8-4-5-11-17(14)23-20-15(21)9-6-10-16(20)22/h3-11,13,23H,12H2,1-2H3/b7-3+. The summed E-state index contributed by atoms with van der Waals surface area (Å²) < 4.78 is 10.1. The van der Waals surface area contributed by atoms with Crippen LogP contribution in [0.5, 0.6) is 0 Å². The molecule has 5 nitrogen and oxygen atoms in total. The smallest absolute Gasteiger partial charge is 0.333 e. The van der Waals surface area contributed by atoms with Crippen LogP contribution >= 0.6 is 23.2 Å². The van der Waals surface area contributed by atoms with Gasteiger partial charge in [-0.2, -0.15) is 0 Å². The molecule has 1 atom stereocenters. The lowest BCUT2D eigenvalue weighted by molar-refractivity contribution is -0.180. The Kier molecular flexibility index (Phi) is 7.70. The van der Waals surface area contributed by atoms with E-state index in [-0.39, 0.29) is 6.42 Å². The van der Waals surface area contributed by atoms with Gasteiger partial charge in [-0.15, -0.1) is 0 Å². The Morgan fingerprint density at radius 1 is 1.07 bits per heavy atom. The van der Waals surface area contributed by atoms with Crippen molar-refractivity contribution in [3.8, 4) is 0 Å². The summed E-state index contributed by atoms with van der Waals surface area (Å²) in [7, 11) is 0. The van der Waals surface area contributed by atoms with Gasteiger partial charge < -0.3 is 14.8 Å². The number of ether oxygens (including phenoxy) is 2. The maximum Gasteiger partial charge on any atom is 0.333 e. The van der Waals surface area contributed by atoms with Crippen LogP contribution < -0.4 is 5.32 Å². The first-order valence-electron chi connectivity index (χ1n) is 8.22. The van der Waals surface area contributed by atoms with Crippen molar-refractivity contribution in [1.29, 1.82) is 0 Å². The van der Waals surface area contributed by atoms with Crippen molar-refractivity contribution in [2.45, 2.75) is 26.6 Å². The molecule has 0 bridgehead atoms. The molecule has 142 valence electrons. The van der Waals surface area contributed by atoms with Gasteiger partial charge in [0.05, 0.1) is 22.2 Å². The van der Waals surface area contributed by atoms with Crippen LogP contribution in [0.4, 0.5) is 11.4 Å². The Labute approximate surface area is 167 Å². The third-order valence-corrected chi connectivity index (χ3v) is 4.09. The van der Waals surface area contributed by atoms with Crippen LogP contribution in [-0.2, 0) is 25.5 Å². The first-order valence-corrected chi connectivity index (χ1v) is 8.98. The molecule has 2 rings (SSSR count). The lowest BCUT2D eigenvalue weighted by atomic mass is 10.1. The second-order valence-electron chi connectivity index (χ2n) is 5.55. The summed E-state index contributed by atoms with van der Waals surface area (Å²) in [5.74, 6) is -1.11. The number of hydrogen-bond donors (Lipinski definition) is 1. The van der Waals surface area contributed by atoms with Gasteiger partial charge in [0.15, 0.2) is 0 Å². The lowest BCUT2D eigenvalue weighted by Crippen LogP contribution is -2.22. The van der Waals surface area contributed by atoms with Crippen molar-refractivity contribution in [2.24, 2.45) is 0 Å². The average Bonchev–Trinajstić information content (AvgIpc) is 2.59. The van der Waals surface area contributed by atoms with Gasteiger partial charge in [-0.3, -0.25) is 4.79 Å². The van der Waals surface area contributed by atoms with Crippen LogP contribution in [0, 0.1) is 0 Å². The summed E-state index contributed by atoms with van der Waals surface area (Å²) in [5.41, 5.74) is 1.91. The fraction of sp³-hybridized carbons (Fsp3) is 0.200. The van der Waals surface area contributed by atoms with Crippen LogP contribution in [-0.4, -0.2) is 18.2 Å². The summed E-state index contributed by atoms with van der Waals surface area (Å²) in [4.78, 5) is 23.6. The Bertz CT molecular complexity index is 831. The number of nitrogens with one attached hydrogen (secondary N) is 1. The van der Waals surface area contributed by atoms with E-state index in [0.29, 0.717) is 27.0 Å². The number of para-hydroxylation sites is 2. The van der Waals surface area contributed by atoms with Gasteiger partial charge in [0.1, 0.15) is 0 Å². The first-order chi connectivity index (χ1) is 12.9. The van der Waals surface area contributed by atoms with Gasteiger partial charge in [-0.25, -0.2) is 4.79 Å². The number of allylic oxidation sites excluding steroid dienone is 1. The molecule has 7 heteroatoms. The molecule has 0 aromatic heterocycles. The summed E-state index contributed by atoms with van der Waals surface area (Å²) in [6, 6.07) is 12.4. The number of rotatable bonds is 7. The van der Waals surface area contributed by atoms with Crippen molar-refractivity contribution in [3.63, 3.8) is 0 Å². The zero-order valence-electron chi connectivity index (χ0n) is 14.9. The van der Waals surface area contributed by atoms with Gasteiger partial charge in [0, 0.05) is 18.7 Å². The SMILES string of the molecule is C/C=C/C(=O)OC(C)OC(=O)Cc1ccccc1Nc1c(Cl)cccc1Cl. The van der Waals surface area contributed by atoms with Gasteiger partial charge in [-0.1, -0.05) is 53.5 Å². The molecule has 0 heterocycles. The number of esters is 2. The van der Waals surface area contributed by atoms with Crippen molar-refractivity contribution in [1.82, 2.24) is 0 Å². The monoisotopic (exact) mass is 407 g/mol. The number of benzene rings is 2. The number of hydrogen-bond acceptors (Lipinski definition) is 5. The van der Waals surface area contributed by atoms with E-state index in [1.54, 1.807) is 49.4 Å². The molecule has 2 aromatic carbocycles. The molecule has 0 aliphatic heterocycles. The van der Waals surface area contributed by atoms with Crippen molar-refractivity contribution >= 4 is 46.5 Å². The maximum atomic E-state index is 12.2. The molecular formula is C20H19Cl2NO4. The molecule has 27 heavy (non-hydrogen) atoms. The number of halogens is 2. The number of anilines is 2. The van der Waals surface area contributed by atoms with Crippen LogP contribution in [0.15, 0.2) is 54.6 Å². The van der Waals surface area contributed by atoms with E-state index in [9.17, 15) is 9.59 Å². The van der Waals surface area contributed by atoms with Gasteiger partial charge >= 0.3 is 11.9 Å². The lowest BCUT2D eigenvalue weighted by Gasteiger charge is -2.16. The summed E-state index contributed by atoms with van der Waals surface area (Å²) in [6.45, 7) is 3.17. The average molecular weight is 408 g/mol. The number of carbonyl (C=O) groups excluding carboxylic acids is 2. The topological polar surface area (TPSA) is 64.6 Å². The fourth-order valence-corrected chi connectivity index (χ4v) is 2.79. The molecule has 2 aromatic rings. The molecule has 0 saturated heterocycles. The molecule has 0 aliphatic carbocycles. The minimum atomic E-state index is -0.987. The summed E-state index contributed by atoms with van der Waals surface area (Å²) in [6.07, 6.45) is 1.78. The largest absolute Gasteiger partial charge is 0.425 e. The molecule has 0 saturated carbocycles. The van der Waals surface area contributed by atoms with E-state index < -0.39 is 18.2 Å². The van der Waals surface area contributed by atoms with E-state index in [1.165, 1.54) is 13.0 Å². The summed E-state index contributed by atoms with van der Waals surface area (Å²) >= 11 is 12.4. The summed E-state index contributed by atoms with van der Waals surface area (Å²) in [5, 5.41) is 4.08. The Balaban J connectivity index is 2.07. The van der Waals surface area contributed by atoms with E-state index >= 15 is 0 Å². The van der Waals surface area contributed by atoms with Gasteiger partial charge in [0.25, 0.3) is 0 Å². The predicted molar refractivity (Wildman–Crippen MR) is 106 cm³/mol. The zero-order valence-corrected chi connectivity index (χ0v) is 16.4. The van der Waals surface area contributed by atoms with E-state index in [1.807, 2.05) is 6.07 Å². The number of carbonyl (C=O) groups is 2. The molecular weight excluding hydrogens is 389 g/mol. The highest BCUT2D eigenvalue weighted by Gasteiger charge is 2.16. The Morgan fingerprint density at radius 2 is 1.74 bits per heavy atom. The third-order valence-electron chi connectivity index (χ3n) is 3.46. The second kappa shape index (κ2) is 10.00. The van der Waals surface area contributed by atoms with E-state index in [2.05, 4.69) is 5.32 Å². The van der Waals surface area contributed by atoms with Crippen LogP contribution in [0.3, 0.4) is 0 Å². The molecule has 0 spiro atoms. The van der Waals surface area contributed by atoms with Gasteiger partial charge in [-0.05, 0) is 30.7 Å². The molecule has 0 amide bonds. The fourth-order valence-electron chi connectivity index (χ4n) is 2.29. The molecule has 1 unspecified atom stereocenters. The van der Waals surface area contributed by atoms with Crippen LogP contribution in [0.25, 0.3) is 0 Å². The molecule has 0 fully saturated rings. The Morgan fingerprint density at radius 3 is 2.41 bits per heavy atom. The molecule has 0 aliphatic rings. The third kappa shape index (κ3) is 6.31. The first kappa shape index (κ1) is 20.8. The van der Waals surface area contributed by atoms with Crippen LogP contribution in [0.1, 0.15) is 19.4 Å². The van der Waals surface area contributed by atoms with Crippen molar-refractivity contribution < 1.29 is 19.1 Å².